The summed E-state index contributed by atoms with van der Waals surface area (Å²) >= 11 is 0. The molecule has 4 nitrogen and oxygen atoms in total. The molecule has 0 bridgehead atoms. The summed E-state index contributed by atoms with van der Waals surface area (Å²) in [6.07, 6.45) is 0. The van der Waals surface area contributed by atoms with Crippen molar-refractivity contribution < 1.29 is 0 Å². The molecule has 0 atom stereocenters. The molecule has 0 aromatic carbocycles. The first-order chi connectivity index (χ1) is 6.15. The van der Waals surface area contributed by atoms with Crippen molar-refractivity contribution in [3.63, 3.8) is 0 Å². The molecule has 0 aliphatic carbocycles. The van der Waals surface area contributed by atoms with Crippen molar-refractivity contribution in [2.75, 3.05) is 0 Å². The summed E-state index contributed by atoms with van der Waals surface area (Å²) in [6.45, 7) is 10.1. The highest BCUT2D eigenvalue weighted by Crippen LogP contribution is 2.00. The minimum Gasteiger partial charge on any atom is -0.314 e. The lowest BCUT2D eigenvalue weighted by atomic mass is 10.4. The zero-order chi connectivity index (χ0) is 9.84. The number of aryl methyl sites for hydroxylation is 1. The van der Waals surface area contributed by atoms with Gasteiger partial charge in [-0.15, -0.1) is 10.2 Å². The van der Waals surface area contributed by atoms with Crippen molar-refractivity contribution in [3.05, 3.63) is 11.6 Å². The predicted molar refractivity (Wildman–Crippen MR) is 52.4 cm³/mol. The van der Waals surface area contributed by atoms with E-state index in [-0.39, 0.29) is 0 Å². The Bertz CT molecular complexity index is 265. The van der Waals surface area contributed by atoms with Crippen molar-refractivity contribution in [2.45, 2.75) is 46.8 Å². The fourth-order valence-electron chi connectivity index (χ4n) is 1.26. The van der Waals surface area contributed by atoms with E-state index in [2.05, 4.69) is 40.9 Å². The monoisotopic (exact) mass is 182 g/mol. The molecular formula is C9H18N4. The smallest absolute Gasteiger partial charge is 0.146 e. The molecule has 0 saturated carbocycles. The lowest BCUT2D eigenvalue weighted by Crippen LogP contribution is -2.24. The van der Waals surface area contributed by atoms with E-state index in [0.717, 1.165) is 24.7 Å². The summed E-state index contributed by atoms with van der Waals surface area (Å²) in [5.74, 6) is 2.01. The van der Waals surface area contributed by atoms with Crippen molar-refractivity contribution in [3.8, 4) is 0 Å². The van der Waals surface area contributed by atoms with Gasteiger partial charge in [0.05, 0.1) is 6.54 Å². The lowest BCUT2D eigenvalue weighted by Gasteiger charge is -2.08. The van der Waals surface area contributed by atoms with E-state index in [4.69, 9.17) is 0 Å². The van der Waals surface area contributed by atoms with Crippen LogP contribution in [-0.2, 0) is 13.1 Å². The molecule has 0 spiro atoms. The van der Waals surface area contributed by atoms with E-state index in [1.54, 1.807) is 0 Å². The molecule has 0 amide bonds. The molecule has 1 heterocycles. The van der Waals surface area contributed by atoms with E-state index >= 15 is 0 Å². The fourth-order valence-corrected chi connectivity index (χ4v) is 1.26. The molecule has 0 radical (unpaired) electrons. The quantitative estimate of drug-likeness (QED) is 0.758. The minimum atomic E-state index is 0.488. The minimum absolute atomic E-state index is 0.488. The zero-order valence-electron chi connectivity index (χ0n) is 8.83. The molecule has 0 fully saturated rings. The maximum absolute atomic E-state index is 4.11. The van der Waals surface area contributed by atoms with Gasteiger partial charge in [-0.25, -0.2) is 0 Å². The number of nitrogens with zero attached hydrogens (tertiary/aromatic N) is 3. The predicted octanol–water partition coefficient (Wildman–Crippen LogP) is 1.10. The number of nitrogens with one attached hydrogen (secondary N) is 1. The first-order valence-electron chi connectivity index (χ1n) is 4.77. The van der Waals surface area contributed by atoms with Crippen molar-refractivity contribution in [2.24, 2.45) is 0 Å². The highest BCUT2D eigenvalue weighted by atomic mass is 15.3. The van der Waals surface area contributed by atoms with Crippen LogP contribution in [-0.4, -0.2) is 20.8 Å². The van der Waals surface area contributed by atoms with Gasteiger partial charge in [0.2, 0.25) is 0 Å². The van der Waals surface area contributed by atoms with E-state index in [1.807, 2.05) is 6.92 Å². The molecule has 0 aliphatic rings. The fraction of sp³-hybridized carbons (Fsp3) is 0.778. The van der Waals surface area contributed by atoms with Crippen LogP contribution in [0.1, 0.15) is 32.4 Å². The highest BCUT2D eigenvalue weighted by molar-refractivity contribution is 4.93. The summed E-state index contributed by atoms with van der Waals surface area (Å²) in [5.41, 5.74) is 0. The van der Waals surface area contributed by atoms with Gasteiger partial charge in [-0.1, -0.05) is 13.8 Å². The van der Waals surface area contributed by atoms with Crippen LogP contribution in [0.2, 0.25) is 0 Å². The van der Waals surface area contributed by atoms with Gasteiger partial charge in [0.15, 0.2) is 0 Å². The summed E-state index contributed by atoms with van der Waals surface area (Å²) < 4.78 is 2.12. The molecule has 1 N–H and O–H groups in total. The second-order valence-electron chi connectivity index (χ2n) is 3.44. The first-order valence-corrected chi connectivity index (χ1v) is 4.77. The Morgan fingerprint density at radius 2 is 2.08 bits per heavy atom. The summed E-state index contributed by atoms with van der Waals surface area (Å²) in [5, 5.41) is 11.5. The van der Waals surface area contributed by atoms with Crippen LogP contribution >= 0.6 is 0 Å². The highest BCUT2D eigenvalue weighted by Gasteiger charge is 2.06. The van der Waals surface area contributed by atoms with Crippen molar-refractivity contribution in [1.82, 2.24) is 20.1 Å². The molecular weight excluding hydrogens is 164 g/mol. The Kier molecular flexibility index (Phi) is 3.42. The van der Waals surface area contributed by atoms with E-state index in [9.17, 15) is 0 Å². The van der Waals surface area contributed by atoms with Crippen LogP contribution in [0.25, 0.3) is 0 Å². The van der Waals surface area contributed by atoms with Crippen molar-refractivity contribution >= 4 is 0 Å². The van der Waals surface area contributed by atoms with Crippen LogP contribution in [0.5, 0.6) is 0 Å². The second kappa shape index (κ2) is 4.37. The summed E-state index contributed by atoms with van der Waals surface area (Å²) in [4.78, 5) is 0. The number of hydrogen-bond donors (Lipinski definition) is 1. The molecule has 4 heteroatoms. The largest absolute Gasteiger partial charge is 0.314 e. The standard InChI is InChI=1S/C9H18N4/c1-5-13-8(4)11-12-9(13)6-10-7(2)3/h7,10H,5-6H2,1-4H3. The third kappa shape index (κ3) is 2.52. The zero-order valence-corrected chi connectivity index (χ0v) is 8.83. The van der Waals surface area contributed by atoms with Crippen LogP contribution < -0.4 is 5.32 Å². The normalized spacial score (nSPS) is 11.2. The van der Waals surface area contributed by atoms with Gasteiger partial charge in [-0.05, 0) is 13.8 Å². The summed E-state index contributed by atoms with van der Waals surface area (Å²) in [7, 11) is 0. The number of rotatable bonds is 4. The SMILES string of the molecule is CCn1c(C)nnc1CNC(C)C. The van der Waals surface area contributed by atoms with Gasteiger partial charge in [0.25, 0.3) is 0 Å². The average molecular weight is 182 g/mol. The average Bonchev–Trinajstić information content (AvgIpc) is 2.42. The van der Waals surface area contributed by atoms with E-state index in [0.29, 0.717) is 6.04 Å². The van der Waals surface area contributed by atoms with Gasteiger partial charge in [0.1, 0.15) is 11.6 Å². The Labute approximate surface area is 79.4 Å². The van der Waals surface area contributed by atoms with Crippen molar-refractivity contribution in [1.29, 1.82) is 0 Å². The Hall–Kier alpha value is -0.900. The molecule has 0 saturated heterocycles. The van der Waals surface area contributed by atoms with Crippen LogP contribution in [0, 0.1) is 6.92 Å². The Morgan fingerprint density at radius 1 is 1.38 bits per heavy atom. The third-order valence-corrected chi connectivity index (χ3v) is 2.00. The molecule has 74 valence electrons. The van der Waals surface area contributed by atoms with Gasteiger partial charge < -0.3 is 9.88 Å². The van der Waals surface area contributed by atoms with Crippen LogP contribution in [0.15, 0.2) is 0 Å². The second-order valence-corrected chi connectivity index (χ2v) is 3.44. The maximum atomic E-state index is 4.11. The first kappa shape index (κ1) is 10.2. The molecule has 1 aromatic rings. The van der Waals surface area contributed by atoms with Gasteiger partial charge in [-0.3, -0.25) is 0 Å². The molecule has 13 heavy (non-hydrogen) atoms. The van der Waals surface area contributed by atoms with Crippen LogP contribution in [0.4, 0.5) is 0 Å². The molecule has 0 aliphatic heterocycles. The molecule has 0 unspecified atom stereocenters. The topological polar surface area (TPSA) is 42.7 Å². The van der Waals surface area contributed by atoms with Crippen LogP contribution in [0.3, 0.4) is 0 Å². The third-order valence-electron chi connectivity index (χ3n) is 2.00. The number of aromatic nitrogens is 3. The molecule has 1 rings (SSSR count). The number of hydrogen-bond acceptors (Lipinski definition) is 3. The summed E-state index contributed by atoms with van der Waals surface area (Å²) in [6, 6.07) is 0.488. The van der Waals surface area contributed by atoms with Gasteiger partial charge >= 0.3 is 0 Å². The van der Waals surface area contributed by atoms with E-state index < -0.39 is 0 Å². The molecule has 1 aromatic heterocycles. The van der Waals surface area contributed by atoms with Gasteiger partial charge in [0, 0.05) is 12.6 Å². The lowest BCUT2D eigenvalue weighted by molar-refractivity contribution is 0.548. The Morgan fingerprint density at radius 3 is 2.62 bits per heavy atom. The van der Waals surface area contributed by atoms with E-state index in [1.165, 1.54) is 0 Å². The van der Waals surface area contributed by atoms with Gasteiger partial charge in [-0.2, -0.15) is 0 Å². The maximum Gasteiger partial charge on any atom is 0.146 e. The Balaban J connectivity index is 2.65.